The second-order valence-corrected chi connectivity index (χ2v) is 6.16. The number of nitrogens with zero attached hydrogens (tertiary/aromatic N) is 2. The van der Waals surface area contributed by atoms with E-state index in [1.165, 1.54) is 5.69 Å². The van der Waals surface area contributed by atoms with E-state index in [0.717, 1.165) is 53.7 Å². The van der Waals surface area contributed by atoms with Crippen LogP contribution in [0.5, 0.6) is 0 Å². The largest absolute Gasteiger partial charge is 0.378 e. The molecule has 0 unspecified atom stereocenters. The Kier molecular flexibility index (Phi) is 3.34. The third kappa shape index (κ3) is 2.21. The van der Waals surface area contributed by atoms with Gasteiger partial charge in [-0.2, -0.15) is 0 Å². The van der Waals surface area contributed by atoms with Crippen molar-refractivity contribution in [2.24, 2.45) is 7.05 Å². The van der Waals surface area contributed by atoms with Crippen molar-refractivity contribution in [3.05, 3.63) is 52.2 Å². The fourth-order valence-electron chi connectivity index (χ4n) is 3.54. The number of ether oxygens (including phenoxy) is 1. The van der Waals surface area contributed by atoms with Gasteiger partial charge in [-0.05, 0) is 36.8 Å². The van der Waals surface area contributed by atoms with E-state index in [1.807, 2.05) is 38.2 Å². The maximum atomic E-state index is 12.9. The summed E-state index contributed by atoms with van der Waals surface area (Å²) in [5.41, 5.74) is 4.30. The van der Waals surface area contributed by atoms with Gasteiger partial charge in [0.2, 0.25) is 0 Å². The van der Waals surface area contributed by atoms with Crippen LogP contribution in [0.1, 0.15) is 5.56 Å². The quantitative estimate of drug-likeness (QED) is 0.648. The van der Waals surface area contributed by atoms with Crippen LogP contribution in [0.3, 0.4) is 0 Å². The van der Waals surface area contributed by atoms with Crippen LogP contribution >= 0.6 is 0 Å². The van der Waals surface area contributed by atoms with Crippen molar-refractivity contribution < 1.29 is 4.74 Å². The zero-order valence-electron chi connectivity index (χ0n) is 13.5. The molecule has 1 aliphatic rings. The smallest absolute Gasteiger partial charge is 0.197 e. The fourth-order valence-corrected chi connectivity index (χ4v) is 3.54. The molecule has 4 heteroatoms. The van der Waals surface area contributed by atoms with Crippen LogP contribution in [0.25, 0.3) is 21.8 Å². The molecule has 1 saturated heterocycles. The molecule has 0 N–H and O–H groups in total. The normalized spacial score (nSPS) is 15.5. The number of para-hydroxylation sites is 1. The number of anilines is 1. The molecule has 1 aliphatic heterocycles. The van der Waals surface area contributed by atoms with Gasteiger partial charge in [0.05, 0.1) is 24.2 Å². The molecule has 1 fully saturated rings. The number of benzene rings is 2. The van der Waals surface area contributed by atoms with E-state index in [9.17, 15) is 4.79 Å². The lowest BCUT2D eigenvalue weighted by Gasteiger charge is -2.29. The van der Waals surface area contributed by atoms with E-state index in [-0.39, 0.29) is 5.43 Å². The number of aryl methyl sites for hydroxylation is 2. The first-order valence-corrected chi connectivity index (χ1v) is 8.01. The first kappa shape index (κ1) is 14.3. The van der Waals surface area contributed by atoms with Gasteiger partial charge >= 0.3 is 0 Å². The lowest BCUT2D eigenvalue weighted by Crippen LogP contribution is -2.36. The fraction of sp³-hybridized carbons (Fsp3) is 0.316. The van der Waals surface area contributed by atoms with Gasteiger partial charge < -0.3 is 14.2 Å². The van der Waals surface area contributed by atoms with E-state index in [0.29, 0.717) is 0 Å². The van der Waals surface area contributed by atoms with Crippen molar-refractivity contribution in [1.82, 2.24) is 4.57 Å². The predicted octanol–water partition coefficient (Wildman–Crippen LogP) is 2.84. The molecule has 0 saturated carbocycles. The standard InChI is InChI=1S/C19H20N2O2/c1-13-11-14(21-7-9-23-10-8-21)12-17-18(13)19(22)15-5-3-4-6-16(15)20(17)2/h3-6,11-12H,7-10H2,1-2H3. The van der Waals surface area contributed by atoms with Crippen molar-refractivity contribution in [2.75, 3.05) is 31.2 Å². The van der Waals surface area contributed by atoms with Crippen LogP contribution in [-0.4, -0.2) is 30.9 Å². The van der Waals surface area contributed by atoms with Crippen molar-refractivity contribution in [3.8, 4) is 0 Å². The van der Waals surface area contributed by atoms with E-state index in [4.69, 9.17) is 4.74 Å². The summed E-state index contributed by atoms with van der Waals surface area (Å²) in [6.45, 7) is 5.34. The molecule has 0 atom stereocenters. The number of morpholine rings is 1. The highest BCUT2D eigenvalue weighted by Gasteiger charge is 2.16. The van der Waals surface area contributed by atoms with Crippen LogP contribution in [0.15, 0.2) is 41.2 Å². The molecule has 23 heavy (non-hydrogen) atoms. The molecule has 2 heterocycles. The number of hydrogen-bond donors (Lipinski definition) is 0. The predicted molar refractivity (Wildman–Crippen MR) is 94.5 cm³/mol. The van der Waals surface area contributed by atoms with Crippen LogP contribution in [-0.2, 0) is 11.8 Å². The van der Waals surface area contributed by atoms with Gasteiger partial charge in [-0.15, -0.1) is 0 Å². The maximum Gasteiger partial charge on any atom is 0.197 e. The molecule has 2 aromatic carbocycles. The Morgan fingerprint density at radius 1 is 1.04 bits per heavy atom. The topological polar surface area (TPSA) is 34.5 Å². The molecule has 0 bridgehead atoms. The highest BCUT2D eigenvalue weighted by atomic mass is 16.5. The van der Waals surface area contributed by atoms with E-state index in [2.05, 4.69) is 21.6 Å². The maximum absolute atomic E-state index is 12.9. The van der Waals surface area contributed by atoms with Crippen LogP contribution in [0.2, 0.25) is 0 Å². The van der Waals surface area contributed by atoms with Gasteiger partial charge in [0.25, 0.3) is 0 Å². The van der Waals surface area contributed by atoms with Crippen LogP contribution in [0.4, 0.5) is 5.69 Å². The van der Waals surface area contributed by atoms with Crippen LogP contribution < -0.4 is 10.3 Å². The first-order chi connectivity index (χ1) is 11.2. The van der Waals surface area contributed by atoms with E-state index >= 15 is 0 Å². The molecular weight excluding hydrogens is 288 g/mol. The minimum atomic E-state index is 0.125. The number of rotatable bonds is 1. The highest BCUT2D eigenvalue weighted by Crippen LogP contribution is 2.27. The van der Waals surface area contributed by atoms with Gasteiger partial charge in [0.1, 0.15) is 0 Å². The molecule has 0 radical (unpaired) electrons. The van der Waals surface area contributed by atoms with Crippen molar-refractivity contribution in [2.45, 2.75) is 6.92 Å². The van der Waals surface area contributed by atoms with Gasteiger partial charge in [0.15, 0.2) is 5.43 Å². The van der Waals surface area contributed by atoms with E-state index in [1.54, 1.807) is 0 Å². The lowest BCUT2D eigenvalue weighted by molar-refractivity contribution is 0.122. The summed E-state index contributed by atoms with van der Waals surface area (Å²) in [5.74, 6) is 0. The third-order valence-corrected chi connectivity index (χ3v) is 4.77. The average molecular weight is 308 g/mol. The Hall–Kier alpha value is -2.33. The van der Waals surface area contributed by atoms with Gasteiger partial charge in [-0.3, -0.25) is 4.79 Å². The van der Waals surface area contributed by atoms with Crippen LogP contribution in [0, 0.1) is 6.92 Å². The second kappa shape index (κ2) is 5.39. The second-order valence-electron chi connectivity index (χ2n) is 6.16. The summed E-state index contributed by atoms with van der Waals surface area (Å²) in [6.07, 6.45) is 0. The molecule has 0 aliphatic carbocycles. The minimum Gasteiger partial charge on any atom is -0.378 e. The number of hydrogen-bond acceptors (Lipinski definition) is 3. The number of fused-ring (bicyclic) bond motifs is 2. The molecular formula is C19H20N2O2. The molecule has 4 nitrogen and oxygen atoms in total. The zero-order valence-corrected chi connectivity index (χ0v) is 13.5. The molecule has 0 amide bonds. The lowest BCUT2D eigenvalue weighted by atomic mass is 10.0. The third-order valence-electron chi connectivity index (χ3n) is 4.77. The summed E-state index contributed by atoms with van der Waals surface area (Å²) in [7, 11) is 2.03. The summed E-state index contributed by atoms with van der Waals surface area (Å²) in [6, 6.07) is 12.1. The Morgan fingerprint density at radius 3 is 2.57 bits per heavy atom. The van der Waals surface area contributed by atoms with Gasteiger partial charge in [-0.1, -0.05) is 12.1 Å². The summed E-state index contributed by atoms with van der Waals surface area (Å²) in [5, 5.41) is 1.60. The Morgan fingerprint density at radius 2 is 1.78 bits per heavy atom. The first-order valence-electron chi connectivity index (χ1n) is 8.01. The molecule has 3 aromatic rings. The van der Waals surface area contributed by atoms with Crippen molar-refractivity contribution in [1.29, 1.82) is 0 Å². The average Bonchev–Trinajstić information content (AvgIpc) is 2.60. The Labute approximate surface area is 134 Å². The summed E-state index contributed by atoms with van der Waals surface area (Å²) >= 11 is 0. The molecule has 0 spiro atoms. The minimum absolute atomic E-state index is 0.125. The van der Waals surface area contributed by atoms with Gasteiger partial charge in [-0.25, -0.2) is 0 Å². The van der Waals surface area contributed by atoms with Crippen molar-refractivity contribution in [3.63, 3.8) is 0 Å². The highest BCUT2D eigenvalue weighted by molar-refractivity contribution is 5.96. The van der Waals surface area contributed by atoms with Crippen molar-refractivity contribution >= 4 is 27.5 Å². The molecule has 1 aromatic heterocycles. The number of aromatic nitrogens is 1. The Balaban J connectivity index is 2.04. The summed E-state index contributed by atoms with van der Waals surface area (Å²) in [4.78, 5) is 15.2. The zero-order chi connectivity index (χ0) is 16.0. The van der Waals surface area contributed by atoms with Gasteiger partial charge in [0, 0.05) is 36.6 Å². The monoisotopic (exact) mass is 308 g/mol. The summed E-state index contributed by atoms with van der Waals surface area (Å²) < 4.78 is 7.57. The SMILES string of the molecule is Cc1cc(N2CCOCC2)cc2c1c(=O)c1ccccc1n2C. The Bertz CT molecular complexity index is 953. The molecule has 4 rings (SSSR count). The number of pyridine rings is 1. The van der Waals surface area contributed by atoms with E-state index < -0.39 is 0 Å². The molecule has 118 valence electrons.